The Hall–Kier alpha value is -1.44. The molecular formula is C13H8Cl2F3NO2S. The van der Waals surface area contributed by atoms with Crippen LogP contribution in [0.5, 0.6) is 0 Å². The van der Waals surface area contributed by atoms with Crippen molar-refractivity contribution in [1.29, 1.82) is 0 Å². The van der Waals surface area contributed by atoms with Crippen LogP contribution >= 0.6 is 23.2 Å². The first kappa shape index (κ1) is 16.9. The fourth-order valence-corrected chi connectivity index (χ4v) is 3.23. The largest absolute Gasteiger partial charge is 0.417 e. The highest BCUT2D eigenvalue weighted by Crippen LogP contribution is 2.36. The Morgan fingerprint density at radius 3 is 2.27 bits per heavy atom. The lowest BCUT2D eigenvalue weighted by atomic mass is 10.2. The zero-order valence-electron chi connectivity index (χ0n) is 10.7. The molecule has 0 saturated heterocycles. The van der Waals surface area contributed by atoms with Crippen molar-refractivity contribution < 1.29 is 21.6 Å². The van der Waals surface area contributed by atoms with Gasteiger partial charge in [-0.3, -0.25) is 4.72 Å². The Kier molecular flexibility index (Phi) is 4.60. The second-order valence-corrected chi connectivity index (χ2v) is 6.78. The van der Waals surface area contributed by atoms with Crippen LogP contribution in [0, 0.1) is 0 Å². The van der Waals surface area contributed by atoms with Crippen LogP contribution < -0.4 is 4.72 Å². The third-order valence-electron chi connectivity index (χ3n) is 2.63. The maximum atomic E-state index is 12.8. The normalized spacial score (nSPS) is 12.2. The van der Waals surface area contributed by atoms with Gasteiger partial charge in [-0.25, -0.2) is 8.42 Å². The van der Waals surface area contributed by atoms with Crippen LogP contribution in [0.4, 0.5) is 18.9 Å². The Balaban J connectivity index is 2.39. The minimum atomic E-state index is -4.69. The molecule has 0 aliphatic rings. The zero-order valence-corrected chi connectivity index (χ0v) is 13.0. The molecule has 0 unspecified atom stereocenters. The Bertz CT molecular complexity index is 807. The van der Waals surface area contributed by atoms with Crippen molar-refractivity contribution in [3.8, 4) is 0 Å². The molecule has 0 aliphatic heterocycles. The van der Waals surface area contributed by atoms with E-state index >= 15 is 0 Å². The minimum Gasteiger partial charge on any atom is -0.280 e. The molecule has 1 N–H and O–H groups in total. The van der Waals surface area contributed by atoms with Crippen molar-refractivity contribution in [2.24, 2.45) is 0 Å². The van der Waals surface area contributed by atoms with Crippen LogP contribution in [0.15, 0.2) is 47.4 Å². The van der Waals surface area contributed by atoms with E-state index in [1.807, 2.05) is 0 Å². The van der Waals surface area contributed by atoms with Crippen molar-refractivity contribution in [3.05, 3.63) is 58.1 Å². The van der Waals surface area contributed by atoms with E-state index in [1.54, 1.807) is 0 Å². The lowest BCUT2D eigenvalue weighted by Crippen LogP contribution is -2.14. The highest BCUT2D eigenvalue weighted by atomic mass is 35.5. The van der Waals surface area contributed by atoms with Gasteiger partial charge in [0.1, 0.15) is 0 Å². The van der Waals surface area contributed by atoms with Crippen molar-refractivity contribution in [2.45, 2.75) is 11.1 Å². The molecule has 22 heavy (non-hydrogen) atoms. The Labute approximate surface area is 134 Å². The number of halogens is 5. The predicted molar refractivity (Wildman–Crippen MR) is 78.7 cm³/mol. The highest BCUT2D eigenvalue weighted by molar-refractivity contribution is 7.92. The molecule has 118 valence electrons. The molecular weight excluding hydrogens is 362 g/mol. The molecule has 9 heteroatoms. The van der Waals surface area contributed by atoms with Crippen LogP contribution in [0.1, 0.15) is 5.56 Å². The molecule has 0 fully saturated rings. The fraction of sp³-hybridized carbons (Fsp3) is 0.0769. The summed E-state index contributed by atoms with van der Waals surface area (Å²) < 4.78 is 64.6. The maximum absolute atomic E-state index is 12.8. The molecule has 2 aromatic carbocycles. The van der Waals surface area contributed by atoms with E-state index in [4.69, 9.17) is 23.2 Å². The molecule has 0 amide bonds. The standard InChI is InChI=1S/C13H8Cl2F3NO2S/c14-8-2-1-3-10(6-8)22(20,21)19-9-4-5-12(15)11(7-9)13(16,17)18/h1-7,19H. The average Bonchev–Trinajstić information content (AvgIpc) is 2.39. The maximum Gasteiger partial charge on any atom is 0.417 e. The van der Waals surface area contributed by atoms with Crippen LogP contribution in [0.25, 0.3) is 0 Å². The number of rotatable bonds is 3. The average molecular weight is 370 g/mol. The molecule has 0 radical (unpaired) electrons. The van der Waals surface area contributed by atoms with Gasteiger partial charge in [-0.1, -0.05) is 29.3 Å². The molecule has 0 aliphatic carbocycles. The molecule has 0 aromatic heterocycles. The third kappa shape index (κ3) is 3.85. The molecule has 2 aromatic rings. The first-order chi connectivity index (χ1) is 10.1. The van der Waals surface area contributed by atoms with Gasteiger partial charge in [0.25, 0.3) is 10.0 Å². The van der Waals surface area contributed by atoms with Gasteiger partial charge in [-0.05, 0) is 36.4 Å². The topological polar surface area (TPSA) is 46.2 Å². The number of anilines is 1. The number of alkyl halides is 3. The van der Waals surface area contributed by atoms with E-state index < -0.39 is 26.8 Å². The highest BCUT2D eigenvalue weighted by Gasteiger charge is 2.33. The summed E-state index contributed by atoms with van der Waals surface area (Å²) in [4.78, 5) is -0.163. The molecule has 0 heterocycles. The SMILES string of the molecule is O=S(=O)(Nc1ccc(Cl)c(C(F)(F)F)c1)c1cccc(Cl)c1. The van der Waals surface area contributed by atoms with Crippen LogP contribution in [-0.4, -0.2) is 8.42 Å². The number of hydrogen-bond acceptors (Lipinski definition) is 2. The molecule has 0 atom stereocenters. The second kappa shape index (κ2) is 5.98. The van der Waals surface area contributed by atoms with Gasteiger partial charge in [0.05, 0.1) is 15.5 Å². The molecule has 0 bridgehead atoms. The van der Waals surface area contributed by atoms with Gasteiger partial charge in [-0.15, -0.1) is 0 Å². The van der Waals surface area contributed by atoms with Crippen LogP contribution in [-0.2, 0) is 16.2 Å². The Morgan fingerprint density at radius 2 is 1.68 bits per heavy atom. The number of sulfonamides is 1. The van der Waals surface area contributed by atoms with E-state index in [0.717, 1.165) is 12.1 Å². The van der Waals surface area contributed by atoms with Crippen molar-refractivity contribution in [3.63, 3.8) is 0 Å². The summed E-state index contributed by atoms with van der Waals surface area (Å²) in [5, 5.41) is -0.326. The quantitative estimate of drug-likeness (QED) is 0.843. The predicted octanol–water partition coefficient (Wildman–Crippen LogP) is 4.81. The second-order valence-electron chi connectivity index (χ2n) is 4.26. The fourth-order valence-electron chi connectivity index (χ4n) is 1.65. The van der Waals surface area contributed by atoms with Crippen molar-refractivity contribution in [2.75, 3.05) is 4.72 Å². The smallest absolute Gasteiger partial charge is 0.280 e. The lowest BCUT2D eigenvalue weighted by Gasteiger charge is -2.13. The summed E-state index contributed by atoms with van der Waals surface area (Å²) in [6, 6.07) is 8.09. The van der Waals surface area contributed by atoms with E-state index in [9.17, 15) is 21.6 Å². The van der Waals surface area contributed by atoms with Gasteiger partial charge >= 0.3 is 6.18 Å². The number of benzene rings is 2. The summed E-state index contributed by atoms with van der Waals surface area (Å²) >= 11 is 11.2. The summed E-state index contributed by atoms with van der Waals surface area (Å²) in [6.07, 6.45) is -4.69. The summed E-state index contributed by atoms with van der Waals surface area (Å²) in [5.41, 5.74) is -1.38. The summed E-state index contributed by atoms with van der Waals surface area (Å²) in [5.74, 6) is 0. The van der Waals surface area contributed by atoms with E-state index in [-0.39, 0.29) is 15.6 Å². The van der Waals surface area contributed by atoms with Gasteiger partial charge in [0, 0.05) is 10.7 Å². The van der Waals surface area contributed by atoms with Gasteiger partial charge in [0.15, 0.2) is 0 Å². The zero-order chi connectivity index (χ0) is 16.5. The van der Waals surface area contributed by atoms with Gasteiger partial charge in [-0.2, -0.15) is 13.2 Å². The van der Waals surface area contributed by atoms with E-state index in [0.29, 0.717) is 6.07 Å². The van der Waals surface area contributed by atoms with Crippen molar-refractivity contribution >= 4 is 38.9 Å². The number of hydrogen-bond donors (Lipinski definition) is 1. The minimum absolute atomic E-state index is 0.163. The molecule has 0 spiro atoms. The van der Waals surface area contributed by atoms with Crippen molar-refractivity contribution in [1.82, 2.24) is 0 Å². The first-order valence-corrected chi connectivity index (χ1v) is 7.98. The van der Waals surface area contributed by atoms with E-state index in [1.165, 1.54) is 24.3 Å². The van der Waals surface area contributed by atoms with Crippen LogP contribution in [0.3, 0.4) is 0 Å². The Morgan fingerprint density at radius 1 is 1.00 bits per heavy atom. The van der Waals surface area contributed by atoms with E-state index in [2.05, 4.69) is 4.72 Å². The molecule has 0 saturated carbocycles. The summed E-state index contributed by atoms with van der Waals surface area (Å²) in [6.45, 7) is 0. The monoisotopic (exact) mass is 369 g/mol. The first-order valence-electron chi connectivity index (χ1n) is 5.75. The molecule has 3 nitrogen and oxygen atoms in total. The number of nitrogens with one attached hydrogen (secondary N) is 1. The van der Waals surface area contributed by atoms with Gasteiger partial charge in [0.2, 0.25) is 0 Å². The van der Waals surface area contributed by atoms with Gasteiger partial charge < -0.3 is 0 Å². The van der Waals surface area contributed by atoms with Crippen LogP contribution in [0.2, 0.25) is 10.0 Å². The summed E-state index contributed by atoms with van der Waals surface area (Å²) in [7, 11) is -4.06. The third-order valence-corrected chi connectivity index (χ3v) is 4.57. The lowest BCUT2D eigenvalue weighted by molar-refractivity contribution is -0.137. The molecule has 2 rings (SSSR count).